The number of pyridine rings is 1. The molecule has 0 bridgehead atoms. The monoisotopic (exact) mass is 255 g/mol. The molecule has 1 aromatic heterocycles. The first-order valence-electron chi connectivity index (χ1n) is 7.25. The van der Waals surface area contributed by atoms with Crippen LogP contribution in [0.4, 0.5) is 0 Å². The first-order chi connectivity index (χ1) is 9.19. The van der Waals surface area contributed by atoms with E-state index in [1.807, 2.05) is 31.5 Å². The van der Waals surface area contributed by atoms with Crippen LogP contribution in [-0.4, -0.2) is 10.1 Å². The molecule has 1 unspecified atom stereocenters. The van der Waals surface area contributed by atoms with Crippen LogP contribution in [0.2, 0.25) is 0 Å². The molecule has 2 nitrogen and oxygen atoms in total. The fourth-order valence-electron chi connectivity index (χ4n) is 3.40. The van der Waals surface area contributed by atoms with Gasteiger partial charge in [-0.2, -0.15) is 0 Å². The van der Waals surface area contributed by atoms with E-state index in [0.29, 0.717) is 5.92 Å². The van der Waals surface area contributed by atoms with Gasteiger partial charge < -0.3 is 5.11 Å². The van der Waals surface area contributed by atoms with Crippen molar-refractivity contribution in [3.63, 3.8) is 0 Å². The SMILES string of the molecule is CC(O)(c1cncc2ccccc12)C1CCCCC1. The lowest BCUT2D eigenvalue weighted by atomic mass is 9.74. The maximum Gasteiger partial charge on any atom is 0.0917 e. The first-order valence-corrected chi connectivity index (χ1v) is 7.25. The largest absolute Gasteiger partial charge is 0.385 e. The van der Waals surface area contributed by atoms with Crippen LogP contribution < -0.4 is 0 Å². The molecule has 3 rings (SSSR count). The summed E-state index contributed by atoms with van der Waals surface area (Å²) in [4.78, 5) is 4.31. The third-order valence-electron chi connectivity index (χ3n) is 4.61. The van der Waals surface area contributed by atoms with Crippen LogP contribution in [0.5, 0.6) is 0 Å². The van der Waals surface area contributed by atoms with Crippen molar-refractivity contribution in [3.8, 4) is 0 Å². The summed E-state index contributed by atoms with van der Waals surface area (Å²) in [5.74, 6) is 0.355. The number of hydrogen-bond donors (Lipinski definition) is 1. The fraction of sp³-hybridized carbons (Fsp3) is 0.471. The molecular formula is C17H21NO. The first kappa shape index (κ1) is 12.6. The third kappa shape index (κ3) is 2.25. The Morgan fingerprint density at radius 1 is 1.11 bits per heavy atom. The van der Waals surface area contributed by atoms with Crippen molar-refractivity contribution in [2.75, 3.05) is 0 Å². The van der Waals surface area contributed by atoms with Crippen molar-refractivity contribution < 1.29 is 5.11 Å². The van der Waals surface area contributed by atoms with Gasteiger partial charge in [-0.15, -0.1) is 0 Å². The van der Waals surface area contributed by atoms with E-state index < -0.39 is 5.60 Å². The second-order valence-electron chi connectivity index (χ2n) is 5.89. The molecule has 19 heavy (non-hydrogen) atoms. The topological polar surface area (TPSA) is 33.1 Å². The summed E-state index contributed by atoms with van der Waals surface area (Å²) in [5.41, 5.74) is 0.214. The van der Waals surface area contributed by atoms with Gasteiger partial charge in [0, 0.05) is 23.3 Å². The van der Waals surface area contributed by atoms with Gasteiger partial charge in [0.1, 0.15) is 0 Å². The second kappa shape index (κ2) is 4.93. The quantitative estimate of drug-likeness (QED) is 0.879. The molecule has 1 aliphatic carbocycles. The van der Waals surface area contributed by atoms with Crippen molar-refractivity contribution in [2.24, 2.45) is 5.92 Å². The number of rotatable bonds is 2. The van der Waals surface area contributed by atoms with Crippen molar-refractivity contribution in [3.05, 3.63) is 42.2 Å². The zero-order valence-electron chi connectivity index (χ0n) is 11.5. The van der Waals surface area contributed by atoms with Crippen molar-refractivity contribution >= 4 is 10.8 Å². The lowest BCUT2D eigenvalue weighted by molar-refractivity contribution is -0.0204. The van der Waals surface area contributed by atoms with Crippen molar-refractivity contribution in [1.29, 1.82) is 0 Å². The second-order valence-corrected chi connectivity index (χ2v) is 5.89. The van der Waals surface area contributed by atoms with Crippen LogP contribution >= 0.6 is 0 Å². The highest BCUT2D eigenvalue weighted by molar-refractivity contribution is 5.85. The fourth-order valence-corrected chi connectivity index (χ4v) is 3.40. The molecule has 1 aliphatic rings. The average molecular weight is 255 g/mol. The minimum atomic E-state index is -0.770. The van der Waals surface area contributed by atoms with Crippen LogP contribution in [0, 0.1) is 5.92 Å². The highest BCUT2D eigenvalue weighted by Crippen LogP contribution is 2.40. The number of aromatic nitrogens is 1. The smallest absolute Gasteiger partial charge is 0.0917 e. The summed E-state index contributed by atoms with van der Waals surface area (Å²) in [5, 5.41) is 13.3. The number of nitrogens with zero attached hydrogens (tertiary/aromatic N) is 1. The van der Waals surface area contributed by atoms with Crippen LogP contribution in [0.1, 0.15) is 44.6 Å². The minimum absolute atomic E-state index is 0.355. The van der Waals surface area contributed by atoms with Gasteiger partial charge in [0.15, 0.2) is 0 Å². The summed E-state index contributed by atoms with van der Waals surface area (Å²) >= 11 is 0. The van der Waals surface area contributed by atoms with Gasteiger partial charge in [0.25, 0.3) is 0 Å². The number of aliphatic hydroxyl groups is 1. The number of fused-ring (bicyclic) bond motifs is 1. The number of hydrogen-bond acceptors (Lipinski definition) is 2. The molecular weight excluding hydrogens is 234 g/mol. The summed E-state index contributed by atoms with van der Waals surface area (Å²) in [7, 11) is 0. The van der Waals surface area contributed by atoms with Gasteiger partial charge in [-0.3, -0.25) is 4.98 Å². The standard InChI is InChI=1S/C17H21NO/c1-17(19,14-8-3-2-4-9-14)16-12-18-11-13-7-5-6-10-15(13)16/h5-7,10-12,14,19H,2-4,8-9H2,1H3. The van der Waals surface area contributed by atoms with E-state index in [-0.39, 0.29) is 0 Å². The Labute approximate surface area is 114 Å². The van der Waals surface area contributed by atoms with Gasteiger partial charge in [-0.1, -0.05) is 43.5 Å². The molecule has 100 valence electrons. The Morgan fingerprint density at radius 3 is 2.63 bits per heavy atom. The molecule has 1 aromatic carbocycles. The molecule has 1 saturated carbocycles. The van der Waals surface area contributed by atoms with Crippen LogP contribution in [0.15, 0.2) is 36.7 Å². The molecule has 2 heteroatoms. The molecule has 0 saturated heterocycles. The van der Waals surface area contributed by atoms with E-state index in [2.05, 4.69) is 17.1 Å². The predicted octanol–water partition coefficient (Wildman–Crippen LogP) is 4.02. The summed E-state index contributed by atoms with van der Waals surface area (Å²) in [6.07, 6.45) is 9.73. The molecule has 0 radical (unpaired) electrons. The van der Waals surface area contributed by atoms with Crippen LogP contribution in [0.3, 0.4) is 0 Å². The Hall–Kier alpha value is -1.41. The maximum absolute atomic E-state index is 11.1. The zero-order chi connectivity index (χ0) is 13.3. The molecule has 0 aliphatic heterocycles. The van der Waals surface area contributed by atoms with E-state index in [9.17, 15) is 5.11 Å². The zero-order valence-corrected chi connectivity index (χ0v) is 11.5. The van der Waals surface area contributed by atoms with Gasteiger partial charge in [0.05, 0.1) is 5.60 Å². The molecule has 1 atom stereocenters. The van der Waals surface area contributed by atoms with E-state index in [1.165, 1.54) is 19.3 Å². The summed E-state index contributed by atoms with van der Waals surface area (Å²) in [6, 6.07) is 8.19. The van der Waals surface area contributed by atoms with Gasteiger partial charge in [-0.25, -0.2) is 0 Å². The normalized spacial score (nSPS) is 20.3. The molecule has 1 N–H and O–H groups in total. The highest BCUT2D eigenvalue weighted by atomic mass is 16.3. The third-order valence-corrected chi connectivity index (χ3v) is 4.61. The Balaban J connectivity index is 2.07. The predicted molar refractivity (Wildman–Crippen MR) is 77.9 cm³/mol. The van der Waals surface area contributed by atoms with E-state index in [4.69, 9.17) is 0 Å². The van der Waals surface area contributed by atoms with Crippen LogP contribution in [-0.2, 0) is 5.60 Å². The molecule has 1 fully saturated rings. The van der Waals surface area contributed by atoms with Crippen molar-refractivity contribution in [2.45, 2.75) is 44.6 Å². The maximum atomic E-state index is 11.1. The highest BCUT2D eigenvalue weighted by Gasteiger charge is 2.35. The Kier molecular flexibility index (Phi) is 3.28. The molecule has 0 amide bonds. The van der Waals surface area contributed by atoms with Crippen molar-refractivity contribution in [1.82, 2.24) is 4.98 Å². The Morgan fingerprint density at radius 2 is 1.84 bits per heavy atom. The van der Waals surface area contributed by atoms with E-state index in [1.54, 1.807) is 0 Å². The van der Waals surface area contributed by atoms with Gasteiger partial charge in [0.2, 0.25) is 0 Å². The number of benzene rings is 1. The lowest BCUT2D eigenvalue weighted by Gasteiger charge is -2.36. The summed E-state index contributed by atoms with van der Waals surface area (Å²) in [6.45, 7) is 1.96. The molecule has 1 heterocycles. The Bertz CT molecular complexity index is 565. The molecule has 0 spiro atoms. The van der Waals surface area contributed by atoms with Gasteiger partial charge >= 0.3 is 0 Å². The minimum Gasteiger partial charge on any atom is -0.385 e. The van der Waals surface area contributed by atoms with E-state index in [0.717, 1.165) is 29.2 Å². The summed E-state index contributed by atoms with van der Waals surface area (Å²) < 4.78 is 0. The lowest BCUT2D eigenvalue weighted by Crippen LogP contribution is -2.33. The van der Waals surface area contributed by atoms with Crippen LogP contribution in [0.25, 0.3) is 10.8 Å². The average Bonchev–Trinajstić information content (AvgIpc) is 2.47. The van der Waals surface area contributed by atoms with Gasteiger partial charge in [-0.05, 0) is 31.1 Å². The van der Waals surface area contributed by atoms with E-state index >= 15 is 0 Å². The molecule has 2 aromatic rings.